The van der Waals surface area contributed by atoms with Gasteiger partial charge in [0.15, 0.2) is 5.69 Å². The molecule has 6 nitrogen and oxygen atoms in total. The number of guanidine groups is 1. The van der Waals surface area contributed by atoms with E-state index in [0.717, 1.165) is 23.4 Å². The van der Waals surface area contributed by atoms with Gasteiger partial charge in [-0.3, -0.25) is 14.6 Å². The Morgan fingerprint density at radius 3 is 2.48 bits per heavy atom. The van der Waals surface area contributed by atoms with Crippen LogP contribution >= 0.6 is 0 Å². The number of aliphatic imine (C=N–C) groups is 1. The SMILES string of the molecule is CCCN1C(=O)c2nc(-c3ccc(F)cc3)n(Cc3ccccc3)c2N2C[C@@H](C(C)C)N=C12. The molecule has 2 aliphatic heterocycles. The molecule has 5 rings (SSSR count). The van der Waals surface area contributed by atoms with Crippen LogP contribution in [0.3, 0.4) is 0 Å². The van der Waals surface area contributed by atoms with E-state index in [0.29, 0.717) is 43.0 Å². The van der Waals surface area contributed by atoms with Crippen molar-refractivity contribution in [2.75, 3.05) is 18.0 Å². The Morgan fingerprint density at radius 1 is 1.09 bits per heavy atom. The molecule has 1 amide bonds. The number of nitrogens with zero attached hydrogens (tertiary/aromatic N) is 5. The van der Waals surface area contributed by atoms with Crippen molar-refractivity contribution in [2.45, 2.75) is 39.8 Å². The van der Waals surface area contributed by atoms with Gasteiger partial charge in [-0.25, -0.2) is 14.4 Å². The van der Waals surface area contributed by atoms with E-state index in [-0.39, 0.29) is 17.8 Å². The molecule has 3 aromatic rings. The quantitative estimate of drug-likeness (QED) is 0.548. The van der Waals surface area contributed by atoms with E-state index in [2.05, 4.69) is 42.4 Å². The van der Waals surface area contributed by atoms with E-state index in [1.165, 1.54) is 12.1 Å². The Labute approximate surface area is 193 Å². The predicted octanol–water partition coefficient (Wildman–Crippen LogP) is 4.80. The summed E-state index contributed by atoms with van der Waals surface area (Å²) in [4.78, 5) is 27.3. The molecule has 0 saturated heterocycles. The molecule has 0 unspecified atom stereocenters. The summed E-state index contributed by atoms with van der Waals surface area (Å²) in [6, 6.07) is 16.5. The van der Waals surface area contributed by atoms with Gasteiger partial charge in [-0.05, 0) is 42.2 Å². The van der Waals surface area contributed by atoms with Gasteiger partial charge in [-0.1, -0.05) is 51.1 Å². The van der Waals surface area contributed by atoms with Crippen molar-refractivity contribution in [3.05, 3.63) is 71.7 Å². The van der Waals surface area contributed by atoms with Crippen molar-refractivity contribution >= 4 is 17.7 Å². The Morgan fingerprint density at radius 2 is 1.82 bits per heavy atom. The van der Waals surface area contributed by atoms with E-state index in [9.17, 15) is 9.18 Å². The molecule has 0 saturated carbocycles. The van der Waals surface area contributed by atoms with E-state index < -0.39 is 0 Å². The average Bonchev–Trinajstić information content (AvgIpc) is 3.41. The third-order valence-electron chi connectivity index (χ3n) is 6.28. The van der Waals surface area contributed by atoms with Crippen LogP contribution in [0.1, 0.15) is 43.2 Å². The molecular weight excluding hydrogens is 417 g/mol. The maximum atomic E-state index is 13.7. The molecule has 2 aliphatic rings. The van der Waals surface area contributed by atoms with Gasteiger partial charge in [-0.2, -0.15) is 0 Å². The van der Waals surface area contributed by atoms with Gasteiger partial charge in [0.1, 0.15) is 17.5 Å². The van der Waals surface area contributed by atoms with Gasteiger partial charge in [0.2, 0.25) is 5.96 Å². The fourth-order valence-corrected chi connectivity index (χ4v) is 4.52. The molecule has 1 aromatic heterocycles. The van der Waals surface area contributed by atoms with Crippen molar-refractivity contribution in [3.8, 4) is 11.4 Å². The summed E-state index contributed by atoms with van der Waals surface area (Å²) in [6.45, 7) is 8.22. The first-order chi connectivity index (χ1) is 16.0. The van der Waals surface area contributed by atoms with Crippen LogP contribution in [0.4, 0.5) is 10.2 Å². The summed E-state index contributed by atoms with van der Waals surface area (Å²) in [5.74, 6) is 2.07. The number of benzene rings is 2. The minimum Gasteiger partial charge on any atom is -0.305 e. The molecular formula is C26H28FN5O. The van der Waals surface area contributed by atoms with E-state index in [4.69, 9.17) is 9.98 Å². The van der Waals surface area contributed by atoms with Crippen LogP contribution in [-0.2, 0) is 6.54 Å². The minimum atomic E-state index is -0.302. The Bertz CT molecular complexity index is 1200. The van der Waals surface area contributed by atoms with Crippen molar-refractivity contribution in [1.29, 1.82) is 0 Å². The molecule has 0 aliphatic carbocycles. The lowest BCUT2D eigenvalue weighted by Crippen LogP contribution is -2.51. The van der Waals surface area contributed by atoms with Gasteiger partial charge >= 0.3 is 0 Å². The molecule has 33 heavy (non-hydrogen) atoms. The fraction of sp³-hybridized carbons (Fsp3) is 0.346. The zero-order valence-electron chi connectivity index (χ0n) is 19.2. The Kier molecular flexibility index (Phi) is 5.48. The van der Waals surface area contributed by atoms with Crippen molar-refractivity contribution in [1.82, 2.24) is 14.5 Å². The highest BCUT2D eigenvalue weighted by molar-refractivity contribution is 6.18. The van der Waals surface area contributed by atoms with Crippen LogP contribution in [0.15, 0.2) is 59.6 Å². The first kappa shape index (κ1) is 21.4. The van der Waals surface area contributed by atoms with E-state index >= 15 is 0 Å². The fourth-order valence-electron chi connectivity index (χ4n) is 4.52. The summed E-state index contributed by atoms with van der Waals surface area (Å²) in [5, 5.41) is 0. The number of rotatable bonds is 6. The van der Waals surface area contributed by atoms with E-state index in [1.807, 2.05) is 18.2 Å². The normalized spacial score (nSPS) is 17.4. The highest BCUT2D eigenvalue weighted by atomic mass is 19.1. The van der Waals surface area contributed by atoms with Crippen LogP contribution in [0.5, 0.6) is 0 Å². The molecule has 0 fully saturated rings. The Balaban J connectivity index is 1.70. The number of imidazole rings is 1. The third kappa shape index (κ3) is 3.71. The second kappa shape index (κ2) is 8.46. The molecule has 0 N–H and O–H groups in total. The summed E-state index contributed by atoms with van der Waals surface area (Å²) in [7, 11) is 0. The number of anilines is 1. The zero-order valence-corrected chi connectivity index (χ0v) is 19.2. The molecule has 0 radical (unpaired) electrons. The van der Waals surface area contributed by atoms with Crippen LogP contribution in [0.2, 0.25) is 0 Å². The molecule has 3 heterocycles. The van der Waals surface area contributed by atoms with E-state index in [1.54, 1.807) is 17.0 Å². The number of hydrogen-bond acceptors (Lipinski definition) is 4. The number of hydrogen-bond donors (Lipinski definition) is 0. The van der Waals surface area contributed by atoms with Gasteiger partial charge in [0.05, 0.1) is 19.1 Å². The molecule has 0 spiro atoms. The first-order valence-corrected chi connectivity index (χ1v) is 11.6. The largest absolute Gasteiger partial charge is 0.305 e. The monoisotopic (exact) mass is 445 g/mol. The lowest BCUT2D eigenvalue weighted by molar-refractivity contribution is 0.0835. The smallest absolute Gasteiger partial charge is 0.283 e. The lowest BCUT2D eigenvalue weighted by atomic mass is 10.1. The molecule has 0 bridgehead atoms. The highest BCUT2D eigenvalue weighted by Gasteiger charge is 2.44. The predicted molar refractivity (Wildman–Crippen MR) is 128 cm³/mol. The lowest BCUT2D eigenvalue weighted by Gasteiger charge is -2.34. The average molecular weight is 446 g/mol. The first-order valence-electron chi connectivity index (χ1n) is 11.6. The maximum Gasteiger partial charge on any atom is 0.283 e. The molecule has 170 valence electrons. The van der Waals surface area contributed by atoms with Crippen LogP contribution in [-0.4, -0.2) is 45.4 Å². The summed E-state index contributed by atoms with van der Waals surface area (Å²) in [5.41, 5.74) is 2.30. The summed E-state index contributed by atoms with van der Waals surface area (Å²) in [6.07, 6.45) is 0.829. The van der Waals surface area contributed by atoms with Gasteiger partial charge < -0.3 is 4.57 Å². The number of amides is 1. The standard InChI is InChI=1S/C26H28FN5O/c1-4-14-30-25(33)22-24(32-16-21(17(2)3)28-26(30)32)31(15-18-8-6-5-7-9-18)23(29-22)19-10-12-20(27)13-11-19/h5-13,17,21H,4,14-16H2,1-3H3/t21-/m0/s1. The second-order valence-corrected chi connectivity index (χ2v) is 8.99. The van der Waals surface area contributed by atoms with Crippen molar-refractivity contribution < 1.29 is 9.18 Å². The van der Waals surface area contributed by atoms with Gasteiger partial charge in [0.25, 0.3) is 5.91 Å². The number of aromatic nitrogens is 2. The number of carbonyl (C=O) groups excluding carboxylic acids is 1. The molecule has 1 atom stereocenters. The van der Waals surface area contributed by atoms with Crippen molar-refractivity contribution in [3.63, 3.8) is 0 Å². The highest BCUT2D eigenvalue weighted by Crippen LogP contribution is 2.37. The van der Waals surface area contributed by atoms with Crippen LogP contribution in [0, 0.1) is 11.7 Å². The number of fused-ring (bicyclic) bond motifs is 3. The zero-order chi connectivity index (χ0) is 23.1. The third-order valence-corrected chi connectivity index (χ3v) is 6.28. The summed E-state index contributed by atoms with van der Waals surface area (Å²) < 4.78 is 15.7. The molecule has 7 heteroatoms. The number of carbonyl (C=O) groups is 1. The van der Waals surface area contributed by atoms with Crippen LogP contribution < -0.4 is 4.90 Å². The number of halogens is 1. The van der Waals surface area contributed by atoms with Crippen LogP contribution in [0.25, 0.3) is 11.4 Å². The maximum absolute atomic E-state index is 13.7. The van der Waals surface area contributed by atoms with Crippen molar-refractivity contribution in [2.24, 2.45) is 10.9 Å². The summed E-state index contributed by atoms with van der Waals surface area (Å²) >= 11 is 0. The minimum absolute atomic E-state index is 0.104. The second-order valence-electron chi connectivity index (χ2n) is 8.99. The van der Waals surface area contributed by atoms with Gasteiger partial charge in [0, 0.05) is 12.1 Å². The Hall–Kier alpha value is -3.48. The molecule has 2 aromatic carbocycles. The topological polar surface area (TPSA) is 53.7 Å². The van der Waals surface area contributed by atoms with Gasteiger partial charge in [-0.15, -0.1) is 0 Å².